The Balaban J connectivity index is 1.73. The van der Waals surface area contributed by atoms with E-state index in [1.807, 2.05) is 0 Å². The average Bonchev–Trinajstić information content (AvgIpc) is 2.92. The third-order valence-electron chi connectivity index (χ3n) is 5.04. The van der Waals surface area contributed by atoms with Crippen molar-refractivity contribution in [3.63, 3.8) is 0 Å². The highest BCUT2D eigenvalue weighted by Crippen LogP contribution is 2.37. The second-order valence-corrected chi connectivity index (χ2v) is 7.34. The van der Waals surface area contributed by atoms with Crippen molar-refractivity contribution in [2.45, 2.75) is 25.4 Å². The average molecular weight is 467 g/mol. The fraction of sp³-hybridized carbons (Fsp3) is 0.227. The van der Waals surface area contributed by atoms with E-state index in [0.717, 1.165) is 4.90 Å². The lowest BCUT2D eigenvalue weighted by molar-refractivity contribution is -0.143. The van der Waals surface area contributed by atoms with Crippen molar-refractivity contribution < 1.29 is 35.9 Å². The van der Waals surface area contributed by atoms with Gasteiger partial charge in [-0.2, -0.15) is 26.3 Å². The van der Waals surface area contributed by atoms with Crippen LogP contribution in [0.1, 0.15) is 22.3 Å². The molecular formula is C22H15F6N3O2. The van der Waals surface area contributed by atoms with Crippen molar-refractivity contribution in [2.75, 3.05) is 6.61 Å². The molecule has 172 valence electrons. The first kappa shape index (κ1) is 22.6. The first-order chi connectivity index (χ1) is 15.5. The van der Waals surface area contributed by atoms with Gasteiger partial charge in [-0.3, -0.25) is 9.78 Å². The highest BCUT2D eigenvalue weighted by Gasteiger charge is 2.37. The van der Waals surface area contributed by atoms with Gasteiger partial charge in [0.25, 0.3) is 5.91 Å². The number of carbonyl (C=O) groups excluding carboxylic acids is 1. The Kier molecular flexibility index (Phi) is 5.73. The van der Waals surface area contributed by atoms with Crippen LogP contribution in [0.15, 0.2) is 55.0 Å². The van der Waals surface area contributed by atoms with Crippen LogP contribution >= 0.6 is 0 Å². The molecule has 0 saturated carbocycles. The quantitative estimate of drug-likeness (QED) is 0.503. The number of aromatic nitrogens is 2. The zero-order chi connectivity index (χ0) is 23.8. The highest BCUT2D eigenvalue weighted by atomic mass is 19.4. The molecular weight excluding hydrogens is 452 g/mol. The van der Waals surface area contributed by atoms with Gasteiger partial charge in [0.2, 0.25) is 5.88 Å². The van der Waals surface area contributed by atoms with Crippen LogP contribution in [0.4, 0.5) is 26.3 Å². The normalized spacial score (nSPS) is 14.5. The number of ether oxygens (including phenoxy) is 1. The fourth-order valence-electron chi connectivity index (χ4n) is 3.52. The van der Waals surface area contributed by atoms with Crippen LogP contribution in [0.3, 0.4) is 0 Å². The number of benzene rings is 1. The third kappa shape index (κ3) is 4.91. The monoisotopic (exact) mass is 467 g/mol. The highest BCUT2D eigenvalue weighted by molar-refractivity contribution is 5.79. The molecule has 1 amide bonds. The van der Waals surface area contributed by atoms with Gasteiger partial charge in [0, 0.05) is 36.3 Å². The first-order valence-electron chi connectivity index (χ1n) is 9.59. The number of hydrogen-bond donors (Lipinski definition) is 0. The lowest BCUT2D eigenvalue weighted by Crippen LogP contribution is -2.32. The van der Waals surface area contributed by atoms with Crippen LogP contribution in [-0.2, 0) is 30.2 Å². The van der Waals surface area contributed by atoms with Gasteiger partial charge >= 0.3 is 12.4 Å². The molecule has 0 spiro atoms. The van der Waals surface area contributed by atoms with Crippen molar-refractivity contribution in [2.24, 2.45) is 0 Å². The van der Waals surface area contributed by atoms with E-state index in [4.69, 9.17) is 4.74 Å². The summed E-state index contributed by atoms with van der Waals surface area (Å²) in [5, 5.41) is 0. The van der Waals surface area contributed by atoms with Gasteiger partial charge in [-0.25, -0.2) is 4.98 Å². The number of pyridine rings is 2. The predicted molar refractivity (Wildman–Crippen MR) is 104 cm³/mol. The molecule has 5 nitrogen and oxygen atoms in total. The SMILES string of the molecule is O=C1COc2nccc(-c3cccnc3)c2CN1Cc1cc(C(F)(F)F)cc(C(F)(F)F)c1. The molecule has 1 aliphatic rings. The Morgan fingerprint density at radius 1 is 0.970 bits per heavy atom. The minimum absolute atomic E-state index is 0.0522. The van der Waals surface area contributed by atoms with Gasteiger partial charge in [-0.15, -0.1) is 0 Å². The summed E-state index contributed by atoms with van der Waals surface area (Å²) < 4.78 is 84.7. The van der Waals surface area contributed by atoms with E-state index in [9.17, 15) is 31.1 Å². The lowest BCUT2D eigenvalue weighted by atomic mass is 10.0. The third-order valence-corrected chi connectivity index (χ3v) is 5.04. The summed E-state index contributed by atoms with van der Waals surface area (Å²) in [6.07, 6.45) is -5.34. The summed E-state index contributed by atoms with van der Waals surface area (Å²) in [6.45, 7) is -1.05. The van der Waals surface area contributed by atoms with Gasteiger partial charge < -0.3 is 9.64 Å². The van der Waals surface area contributed by atoms with E-state index in [2.05, 4.69) is 9.97 Å². The number of fused-ring (bicyclic) bond motifs is 1. The van der Waals surface area contributed by atoms with Crippen LogP contribution in [0.5, 0.6) is 5.88 Å². The molecule has 0 bridgehead atoms. The van der Waals surface area contributed by atoms with E-state index in [1.54, 1.807) is 30.6 Å². The second-order valence-electron chi connectivity index (χ2n) is 7.34. The number of rotatable bonds is 3. The smallest absolute Gasteiger partial charge is 0.416 e. The molecule has 1 aromatic carbocycles. The maximum atomic E-state index is 13.2. The van der Waals surface area contributed by atoms with Gasteiger partial charge in [-0.05, 0) is 41.5 Å². The second kappa shape index (κ2) is 8.38. The molecule has 3 heterocycles. The Hall–Kier alpha value is -3.63. The molecule has 3 aromatic rings. The first-order valence-corrected chi connectivity index (χ1v) is 9.59. The topological polar surface area (TPSA) is 55.3 Å². The molecule has 0 atom stereocenters. The molecule has 33 heavy (non-hydrogen) atoms. The molecule has 4 rings (SSSR count). The Bertz CT molecular complexity index is 1150. The lowest BCUT2D eigenvalue weighted by Gasteiger charge is -2.22. The van der Waals surface area contributed by atoms with Crippen LogP contribution in [0, 0.1) is 0 Å². The Morgan fingerprint density at radius 2 is 1.67 bits per heavy atom. The molecule has 0 saturated heterocycles. The molecule has 0 radical (unpaired) electrons. The number of carbonyl (C=O) groups is 1. The number of hydrogen-bond acceptors (Lipinski definition) is 4. The van der Waals surface area contributed by atoms with Crippen molar-refractivity contribution >= 4 is 5.91 Å². The largest absolute Gasteiger partial charge is 0.467 e. The summed E-state index contributed by atoms with van der Waals surface area (Å²) in [6, 6.07) is 6.41. The standard InChI is InChI=1S/C22H15F6N3O2/c23-21(24,25)15-6-13(7-16(8-15)22(26,27)28)10-31-11-18-17(14-2-1-4-29-9-14)3-5-30-20(18)33-12-19(31)32/h1-9H,10-12H2. The maximum Gasteiger partial charge on any atom is 0.416 e. The molecule has 1 aliphatic heterocycles. The van der Waals surface area contributed by atoms with Crippen molar-refractivity contribution in [1.82, 2.24) is 14.9 Å². The molecule has 0 fully saturated rings. The summed E-state index contributed by atoms with van der Waals surface area (Å²) in [5.41, 5.74) is -1.40. The van der Waals surface area contributed by atoms with Gasteiger partial charge in [0.05, 0.1) is 17.7 Å². The van der Waals surface area contributed by atoms with Gasteiger partial charge in [-0.1, -0.05) is 6.07 Å². The van der Waals surface area contributed by atoms with Crippen LogP contribution in [-0.4, -0.2) is 27.4 Å². The maximum absolute atomic E-state index is 13.2. The molecule has 11 heteroatoms. The van der Waals surface area contributed by atoms with E-state index >= 15 is 0 Å². The predicted octanol–water partition coefficient (Wildman–Crippen LogP) is 5.10. The van der Waals surface area contributed by atoms with Gasteiger partial charge in [0.1, 0.15) is 0 Å². The summed E-state index contributed by atoms with van der Waals surface area (Å²) in [5.74, 6) is -0.441. The van der Waals surface area contributed by atoms with Crippen LogP contribution in [0.2, 0.25) is 0 Å². The van der Waals surface area contributed by atoms with Gasteiger partial charge in [0.15, 0.2) is 6.61 Å². The minimum atomic E-state index is -4.98. The minimum Gasteiger partial charge on any atom is -0.467 e. The Morgan fingerprint density at radius 3 is 2.27 bits per heavy atom. The summed E-state index contributed by atoms with van der Waals surface area (Å²) >= 11 is 0. The zero-order valence-corrected chi connectivity index (χ0v) is 16.7. The molecule has 2 aromatic heterocycles. The Labute approximate surface area is 183 Å². The zero-order valence-electron chi connectivity index (χ0n) is 16.7. The van der Waals surface area contributed by atoms with Crippen molar-refractivity contribution in [3.05, 3.63) is 77.2 Å². The van der Waals surface area contributed by atoms with E-state index in [0.29, 0.717) is 28.8 Å². The van der Waals surface area contributed by atoms with Crippen molar-refractivity contribution in [1.29, 1.82) is 0 Å². The molecule has 0 unspecified atom stereocenters. The number of alkyl halides is 6. The van der Waals surface area contributed by atoms with Crippen molar-refractivity contribution in [3.8, 4) is 17.0 Å². The van der Waals surface area contributed by atoms with E-state index in [1.165, 1.54) is 6.20 Å². The summed E-state index contributed by atoms with van der Waals surface area (Å²) in [7, 11) is 0. The van der Waals surface area contributed by atoms with E-state index < -0.39 is 42.5 Å². The van der Waals surface area contributed by atoms with Crippen LogP contribution < -0.4 is 4.74 Å². The number of nitrogens with zero attached hydrogens (tertiary/aromatic N) is 3. The van der Waals surface area contributed by atoms with E-state index in [-0.39, 0.29) is 24.1 Å². The molecule has 0 N–H and O–H groups in total. The van der Waals surface area contributed by atoms with Crippen LogP contribution in [0.25, 0.3) is 11.1 Å². The number of halogens is 6. The molecule has 0 aliphatic carbocycles. The fourth-order valence-corrected chi connectivity index (χ4v) is 3.52. The number of amides is 1. The summed E-state index contributed by atoms with van der Waals surface area (Å²) in [4.78, 5) is 21.9.